The largest absolute Gasteiger partial charge is 0.375 e. The number of benzene rings is 2. The fraction of sp³-hybridized carbons (Fsp3) is 0.263. The van der Waals surface area contributed by atoms with E-state index in [1.165, 1.54) is 11.6 Å². The van der Waals surface area contributed by atoms with Crippen LogP contribution in [0.5, 0.6) is 0 Å². The summed E-state index contributed by atoms with van der Waals surface area (Å²) in [6, 6.07) is 10.8. The van der Waals surface area contributed by atoms with Gasteiger partial charge in [-0.05, 0) is 36.5 Å². The minimum absolute atomic E-state index is 0.0491. The first-order valence-corrected chi connectivity index (χ1v) is 7.62. The van der Waals surface area contributed by atoms with E-state index in [4.69, 9.17) is 0 Å². The van der Waals surface area contributed by atoms with Gasteiger partial charge in [0.15, 0.2) is 0 Å². The molecule has 0 saturated carbocycles. The van der Waals surface area contributed by atoms with Crippen LogP contribution < -0.4 is 5.32 Å². The van der Waals surface area contributed by atoms with Gasteiger partial charge in [0.05, 0.1) is 11.7 Å². The normalized spacial score (nSPS) is 25.5. The van der Waals surface area contributed by atoms with E-state index < -0.39 is 11.6 Å². The summed E-state index contributed by atoms with van der Waals surface area (Å²) in [5, 5.41) is 3.32. The molecule has 0 radical (unpaired) electrons. The van der Waals surface area contributed by atoms with Gasteiger partial charge in [0.25, 0.3) is 0 Å². The van der Waals surface area contributed by atoms with E-state index in [1.807, 2.05) is 0 Å². The van der Waals surface area contributed by atoms with Gasteiger partial charge in [-0.25, -0.2) is 8.78 Å². The SMILES string of the molecule is Cc1ccc([C@H]2Nc3c(F)cc(F)cc3[C@H]3C=CC[C@@H]32)cc1. The summed E-state index contributed by atoms with van der Waals surface area (Å²) in [7, 11) is 0. The Balaban J connectivity index is 1.82. The lowest BCUT2D eigenvalue weighted by molar-refractivity contribution is 0.418. The molecule has 2 aromatic rings. The summed E-state index contributed by atoms with van der Waals surface area (Å²) >= 11 is 0. The summed E-state index contributed by atoms with van der Waals surface area (Å²) in [6.07, 6.45) is 5.13. The highest BCUT2D eigenvalue weighted by molar-refractivity contribution is 5.60. The Hall–Kier alpha value is -2.16. The lowest BCUT2D eigenvalue weighted by atomic mass is 9.77. The van der Waals surface area contributed by atoms with E-state index in [2.05, 4.69) is 48.7 Å². The molecular weight excluding hydrogens is 280 g/mol. The van der Waals surface area contributed by atoms with Gasteiger partial charge >= 0.3 is 0 Å². The van der Waals surface area contributed by atoms with Crippen molar-refractivity contribution in [2.24, 2.45) is 5.92 Å². The van der Waals surface area contributed by atoms with Crippen molar-refractivity contribution in [1.82, 2.24) is 0 Å². The Morgan fingerprint density at radius 1 is 1.09 bits per heavy atom. The van der Waals surface area contributed by atoms with Crippen LogP contribution in [0.1, 0.15) is 35.1 Å². The molecular formula is C19H17F2N. The van der Waals surface area contributed by atoms with Crippen molar-refractivity contribution in [3.05, 3.63) is 76.9 Å². The van der Waals surface area contributed by atoms with Crippen molar-refractivity contribution in [1.29, 1.82) is 0 Å². The van der Waals surface area contributed by atoms with Crippen LogP contribution in [0.15, 0.2) is 48.6 Å². The highest BCUT2D eigenvalue weighted by Gasteiger charge is 2.39. The molecule has 4 rings (SSSR count). The summed E-state index contributed by atoms with van der Waals surface area (Å²) in [5.74, 6) is -0.638. The minimum Gasteiger partial charge on any atom is -0.375 e. The number of allylic oxidation sites excluding steroid dienone is 2. The molecule has 0 fully saturated rings. The molecule has 1 N–H and O–H groups in total. The molecule has 1 heterocycles. The van der Waals surface area contributed by atoms with Crippen LogP contribution >= 0.6 is 0 Å². The second-order valence-electron chi connectivity index (χ2n) is 6.24. The molecule has 22 heavy (non-hydrogen) atoms. The molecule has 0 unspecified atom stereocenters. The Bertz CT molecular complexity index is 749. The summed E-state index contributed by atoms with van der Waals surface area (Å²) in [6.45, 7) is 2.05. The van der Waals surface area contributed by atoms with Gasteiger partial charge in [-0.3, -0.25) is 0 Å². The van der Waals surface area contributed by atoms with Gasteiger partial charge in [-0.15, -0.1) is 0 Å². The molecule has 0 aromatic heterocycles. The lowest BCUT2D eigenvalue weighted by Crippen LogP contribution is -2.29. The summed E-state index contributed by atoms with van der Waals surface area (Å²) < 4.78 is 27.8. The fourth-order valence-electron chi connectivity index (χ4n) is 3.72. The maximum absolute atomic E-state index is 14.2. The van der Waals surface area contributed by atoms with E-state index in [1.54, 1.807) is 0 Å². The molecule has 1 nitrogen and oxygen atoms in total. The standard InChI is InChI=1S/C19H17F2N/c1-11-5-7-12(8-6-11)18-15-4-2-3-14(15)16-9-13(20)10-17(21)19(16)22-18/h2-3,5-10,14-15,18,22H,4H2,1H3/t14-,15-,18+/m0/s1. The molecule has 3 heteroatoms. The van der Waals surface area contributed by atoms with Gasteiger partial charge in [0, 0.05) is 12.0 Å². The molecule has 0 spiro atoms. The van der Waals surface area contributed by atoms with Gasteiger partial charge in [0.1, 0.15) is 11.6 Å². The lowest BCUT2D eigenvalue weighted by Gasteiger charge is -2.37. The average Bonchev–Trinajstić information content (AvgIpc) is 2.97. The Morgan fingerprint density at radius 2 is 1.86 bits per heavy atom. The summed E-state index contributed by atoms with van der Waals surface area (Å²) in [4.78, 5) is 0. The van der Waals surface area contributed by atoms with Crippen molar-refractivity contribution >= 4 is 5.69 Å². The molecule has 0 saturated heterocycles. The van der Waals surface area contributed by atoms with Crippen LogP contribution in [0.25, 0.3) is 0 Å². The van der Waals surface area contributed by atoms with E-state index in [9.17, 15) is 8.78 Å². The molecule has 2 aliphatic rings. The van der Waals surface area contributed by atoms with Crippen molar-refractivity contribution in [3.63, 3.8) is 0 Å². The highest BCUT2D eigenvalue weighted by Crippen LogP contribution is 2.50. The predicted octanol–water partition coefficient (Wildman–Crippen LogP) is 5.10. The zero-order chi connectivity index (χ0) is 15.3. The number of nitrogens with one attached hydrogen (secondary N) is 1. The Kier molecular flexibility index (Phi) is 3.03. The number of hydrogen-bond donors (Lipinski definition) is 1. The Morgan fingerprint density at radius 3 is 2.64 bits per heavy atom. The molecule has 3 atom stereocenters. The number of fused-ring (bicyclic) bond motifs is 3. The minimum atomic E-state index is -0.508. The van der Waals surface area contributed by atoms with Gasteiger partial charge in [0.2, 0.25) is 0 Å². The first-order valence-electron chi connectivity index (χ1n) is 7.62. The van der Waals surface area contributed by atoms with Crippen LogP contribution in [0.3, 0.4) is 0 Å². The first kappa shape index (κ1) is 13.5. The molecule has 0 bridgehead atoms. The zero-order valence-electron chi connectivity index (χ0n) is 12.3. The van der Waals surface area contributed by atoms with Crippen LogP contribution in [0.2, 0.25) is 0 Å². The second kappa shape index (κ2) is 4.94. The predicted molar refractivity (Wildman–Crippen MR) is 83.9 cm³/mol. The molecule has 112 valence electrons. The van der Waals surface area contributed by atoms with Crippen LogP contribution in [-0.2, 0) is 0 Å². The van der Waals surface area contributed by atoms with E-state index in [0.717, 1.165) is 23.6 Å². The summed E-state index contributed by atoms with van der Waals surface area (Å²) in [5.41, 5.74) is 3.53. The zero-order valence-corrected chi connectivity index (χ0v) is 12.3. The smallest absolute Gasteiger partial charge is 0.149 e. The second-order valence-corrected chi connectivity index (χ2v) is 6.24. The average molecular weight is 297 g/mol. The van der Waals surface area contributed by atoms with Gasteiger partial charge < -0.3 is 5.32 Å². The maximum atomic E-state index is 14.2. The van der Waals surface area contributed by atoms with Gasteiger partial charge in [-0.2, -0.15) is 0 Å². The van der Waals surface area contributed by atoms with E-state index in [0.29, 0.717) is 11.6 Å². The number of hydrogen-bond acceptors (Lipinski definition) is 1. The quantitative estimate of drug-likeness (QED) is 0.722. The van der Waals surface area contributed by atoms with Crippen molar-refractivity contribution in [2.75, 3.05) is 5.32 Å². The maximum Gasteiger partial charge on any atom is 0.149 e. The Labute approximate surface area is 128 Å². The van der Waals surface area contributed by atoms with Crippen LogP contribution in [0.4, 0.5) is 14.5 Å². The highest BCUT2D eigenvalue weighted by atomic mass is 19.1. The first-order chi connectivity index (χ1) is 10.6. The monoisotopic (exact) mass is 297 g/mol. The third-order valence-corrected chi connectivity index (χ3v) is 4.82. The number of aryl methyl sites for hydroxylation is 1. The molecule has 0 amide bonds. The number of anilines is 1. The molecule has 1 aliphatic heterocycles. The molecule has 2 aromatic carbocycles. The van der Waals surface area contributed by atoms with E-state index >= 15 is 0 Å². The van der Waals surface area contributed by atoms with E-state index in [-0.39, 0.29) is 12.0 Å². The number of halogens is 2. The third kappa shape index (κ3) is 2.04. The fourth-order valence-corrected chi connectivity index (χ4v) is 3.72. The van der Waals surface area contributed by atoms with Gasteiger partial charge in [-0.1, -0.05) is 42.0 Å². The van der Waals surface area contributed by atoms with Crippen molar-refractivity contribution in [2.45, 2.75) is 25.3 Å². The third-order valence-electron chi connectivity index (χ3n) is 4.82. The van der Waals surface area contributed by atoms with Crippen LogP contribution in [0, 0.1) is 24.5 Å². The number of rotatable bonds is 1. The van der Waals surface area contributed by atoms with Crippen molar-refractivity contribution < 1.29 is 8.78 Å². The molecule has 1 aliphatic carbocycles. The topological polar surface area (TPSA) is 12.0 Å². The van der Waals surface area contributed by atoms with Crippen molar-refractivity contribution in [3.8, 4) is 0 Å². The van der Waals surface area contributed by atoms with Crippen LogP contribution in [-0.4, -0.2) is 0 Å².